The van der Waals surface area contributed by atoms with Crippen molar-refractivity contribution < 1.29 is 14.2 Å². The maximum absolute atomic E-state index is 5.66. The third-order valence-corrected chi connectivity index (χ3v) is 3.05. The van der Waals surface area contributed by atoms with Crippen LogP contribution in [-0.2, 0) is 11.3 Å². The number of ether oxygens (including phenoxy) is 3. The summed E-state index contributed by atoms with van der Waals surface area (Å²) in [6.45, 7) is 7.53. The number of hydrogen-bond acceptors (Lipinski definition) is 4. The zero-order chi connectivity index (χ0) is 16.9. The van der Waals surface area contributed by atoms with Crippen molar-refractivity contribution in [1.82, 2.24) is 10.6 Å². The van der Waals surface area contributed by atoms with Gasteiger partial charge in [-0.1, -0.05) is 13.0 Å². The number of nitrogens with one attached hydrogen (secondary N) is 2. The van der Waals surface area contributed by atoms with Crippen molar-refractivity contribution in [2.75, 3.05) is 40.5 Å². The minimum absolute atomic E-state index is 0.562. The van der Waals surface area contributed by atoms with Crippen molar-refractivity contribution in [3.8, 4) is 11.5 Å². The SMILES string of the molecule is CCCOc1ccc(CN=C(NCC)NCCOC)cc1OC. The van der Waals surface area contributed by atoms with Gasteiger partial charge in [0.2, 0.25) is 0 Å². The molecule has 0 unspecified atom stereocenters. The fourth-order valence-corrected chi connectivity index (χ4v) is 1.93. The Morgan fingerprint density at radius 2 is 1.91 bits per heavy atom. The number of nitrogens with zero attached hydrogens (tertiary/aromatic N) is 1. The molecule has 0 fully saturated rings. The lowest BCUT2D eigenvalue weighted by molar-refractivity contribution is 0.203. The quantitative estimate of drug-likeness (QED) is 0.392. The van der Waals surface area contributed by atoms with E-state index in [0.29, 0.717) is 19.8 Å². The van der Waals surface area contributed by atoms with Crippen LogP contribution < -0.4 is 20.1 Å². The largest absolute Gasteiger partial charge is 0.493 e. The van der Waals surface area contributed by atoms with E-state index in [0.717, 1.165) is 42.5 Å². The Morgan fingerprint density at radius 1 is 1.09 bits per heavy atom. The van der Waals surface area contributed by atoms with Gasteiger partial charge in [0.15, 0.2) is 17.5 Å². The van der Waals surface area contributed by atoms with Crippen LogP contribution >= 0.6 is 0 Å². The molecule has 0 aliphatic heterocycles. The molecule has 0 amide bonds. The van der Waals surface area contributed by atoms with Gasteiger partial charge in [0.05, 0.1) is 26.9 Å². The second-order valence-corrected chi connectivity index (χ2v) is 4.95. The Kier molecular flexibility index (Phi) is 9.63. The lowest BCUT2D eigenvalue weighted by Crippen LogP contribution is -2.38. The van der Waals surface area contributed by atoms with Crippen LogP contribution in [0.15, 0.2) is 23.2 Å². The highest BCUT2D eigenvalue weighted by atomic mass is 16.5. The second kappa shape index (κ2) is 11.6. The van der Waals surface area contributed by atoms with E-state index >= 15 is 0 Å². The van der Waals surface area contributed by atoms with E-state index in [4.69, 9.17) is 14.2 Å². The molecule has 0 spiro atoms. The summed E-state index contributed by atoms with van der Waals surface area (Å²) in [6.07, 6.45) is 0.967. The average Bonchev–Trinajstić information content (AvgIpc) is 2.58. The van der Waals surface area contributed by atoms with Crippen LogP contribution in [0.4, 0.5) is 0 Å². The molecule has 0 aliphatic rings. The molecule has 0 aliphatic carbocycles. The van der Waals surface area contributed by atoms with Gasteiger partial charge in [-0.3, -0.25) is 0 Å². The van der Waals surface area contributed by atoms with Crippen LogP contribution in [0.5, 0.6) is 11.5 Å². The Bertz CT molecular complexity index is 478. The van der Waals surface area contributed by atoms with E-state index in [-0.39, 0.29) is 0 Å². The molecule has 0 saturated carbocycles. The summed E-state index contributed by atoms with van der Waals surface area (Å²) in [7, 11) is 3.33. The predicted octanol–water partition coefficient (Wildman–Crippen LogP) is 2.19. The fourth-order valence-electron chi connectivity index (χ4n) is 1.93. The summed E-state index contributed by atoms with van der Waals surface area (Å²) in [5.74, 6) is 2.28. The maximum Gasteiger partial charge on any atom is 0.191 e. The lowest BCUT2D eigenvalue weighted by atomic mass is 10.2. The van der Waals surface area contributed by atoms with Crippen molar-refractivity contribution >= 4 is 5.96 Å². The highest BCUT2D eigenvalue weighted by molar-refractivity contribution is 5.79. The molecular formula is C17H29N3O3. The first-order valence-electron chi connectivity index (χ1n) is 8.05. The van der Waals surface area contributed by atoms with Crippen molar-refractivity contribution in [1.29, 1.82) is 0 Å². The molecule has 0 heterocycles. The van der Waals surface area contributed by atoms with Crippen LogP contribution in [0.1, 0.15) is 25.8 Å². The molecule has 2 N–H and O–H groups in total. The molecule has 0 bridgehead atoms. The van der Waals surface area contributed by atoms with Gasteiger partial charge in [-0.15, -0.1) is 0 Å². The van der Waals surface area contributed by atoms with Gasteiger partial charge in [-0.2, -0.15) is 0 Å². The summed E-state index contributed by atoms with van der Waals surface area (Å²) < 4.78 is 16.1. The number of guanidine groups is 1. The Morgan fingerprint density at radius 3 is 2.57 bits per heavy atom. The van der Waals surface area contributed by atoms with Crippen LogP contribution in [0.25, 0.3) is 0 Å². The predicted molar refractivity (Wildman–Crippen MR) is 93.5 cm³/mol. The minimum Gasteiger partial charge on any atom is -0.493 e. The molecule has 23 heavy (non-hydrogen) atoms. The van der Waals surface area contributed by atoms with Crippen LogP contribution in [-0.4, -0.2) is 46.5 Å². The molecule has 1 aromatic carbocycles. The highest BCUT2D eigenvalue weighted by Gasteiger charge is 2.06. The van der Waals surface area contributed by atoms with Crippen molar-refractivity contribution in [2.24, 2.45) is 4.99 Å². The molecular weight excluding hydrogens is 294 g/mol. The van der Waals surface area contributed by atoms with Crippen molar-refractivity contribution in [3.05, 3.63) is 23.8 Å². The van der Waals surface area contributed by atoms with Crippen molar-refractivity contribution in [3.63, 3.8) is 0 Å². The van der Waals surface area contributed by atoms with E-state index in [9.17, 15) is 0 Å². The Hall–Kier alpha value is -1.95. The number of hydrogen-bond donors (Lipinski definition) is 2. The molecule has 6 nitrogen and oxygen atoms in total. The Balaban J connectivity index is 2.71. The molecule has 1 rings (SSSR count). The summed E-state index contributed by atoms with van der Waals surface area (Å²) in [4.78, 5) is 4.57. The van der Waals surface area contributed by atoms with Crippen LogP contribution in [0, 0.1) is 0 Å². The average molecular weight is 323 g/mol. The van der Waals surface area contributed by atoms with Crippen LogP contribution in [0.2, 0.25) is 0 Å². The zero-order valence-corrected chi connectivity index (χ0v) is 14.6. The maximum atomic E-state index is 5.66. The first kappa shape index (κ1) is 19.1. The van der Waals surface area contributed by atoms with E-state index in [1.165, 1.54) is 0 Å². The molecule has 0 saturated heterocycles. The third kappa shape index (κ3) is 7.23. The topological polar surface area (TPSA) is 64.1 Å². The Labute approximate surface area is 139 Å². The van der Waals surface area contributed by atoms with Crippen LogP contribution in [0.3, 0.4) is 0 Å². The first-order valence-corrected chi connectivity index (χ1v) is 8.05. The summed E-state index contributed by atoms with van der Waals surface area (Å²) in [5, 5.41) is 6.42. The minimum atomic E-state index is 0.562. The second-order valence-electron chi connectivity index (χ2n) is 4.95. The molecule has 1 aromatic rings. The van der Waals surface area contributed by atoms with Gasteiger partial charge in [0.1, 0.15) is 0 Å². The van der Waals surface area contributed by atoms with Gasteiger partial charge in [0.25, 0.3) is 0 Å². The molecule has 130 valence electrons. The van der Waals surface area contributed by atoms with E-state index in [1.807, 2.05) is 25.1 Å². The van der Waals surface area contributed by atoms with Gasteiger partial charge in [-0.25, -0.2) is 4.99 Å². The molecule has 0 atom stereocenters. The van der Waals surface area contributed by atoms with Gasteiger partial charge >= 0.3 is 0 Å². The standard InChI is InChI=1S/C17H29N3O3/c1-5-10-23-15-8-7-14(12-16(15)22-4)13-20-17(18-6-2)19-9-11-21-3/h7-8,12H,5-6,9-11,13H2,1-4H3,(H2,18,19,20). The van der Waals surface area contributed by atoms with Gasteiger partial charge in [-0.05, 0) is 31.0 Å². The highest BCUT2D eigenvalue weighted by Crippen LogP contribution is 2.28. The smallest absolute Gasteiger partial charge is 0.191 e. The number of aliphatic imine (C=N–C) groups is 1. The molecule has 6 heteroatoms. The first-order chi connectivity index (χ1) is 11.2. The van der Waals surface area contributed by atoms with E-state index in [1.54, 1.807) is 14.2 Å². The van der Waals surface area contributed by atoms with E-state index in [2.05, 4.69) is 22.5 Å². The molecule has 0 radical (unpaired) electrons. The van der Waals surface area contributed by atoms with Gasteiger partial charge < -0.3 is 24.8 Å². The van der Waals surface area contributed by atoms with E-state index < -0.39 is 0 Å². The normalized spacial score (nSPS) is 11.2. The monoisotopic (exact) mass is 323 g/mol. The summed E-state index contributed by atoms with van der Waals surface area (Å²) in [6, 6.07) is 5.91. The summed E-state index contributed by atoms with van der Waals surface area (Å²) >= 11 is 0. The zero-order valence-electron chi connectivity index (χ0n) is 14.6. The number of benzene rings is 1. The van der Waals surface area contributed by atoms with Crippen molar-refractivity contribution in [2.45, 2.75) is 26.8 Å². The number of methoxy groups -OCH3 is 2. The third-order valence-electron chi connectivity index (χ3n) is 3.05. The lowest BCUT2D eigenvalue weighted by Gasteiger charge is -2.12. The fraction of sp³-hybridized carbons (Fsp3) is 0.588. The summed E-state index contributed by atoms with van der Waals surface area (Å²) in [5.41, 5.74) is 1.06. The number of rotatable bonds is 10. The van der Waals surface area contributed by atoms with Gasteiger partial charge in [0, 0.05) is 20.2 Å². The molecule has 0 aromatic heterocycles.